The molecule has 3 nitrogen and oxygen atoms in total. The highest BCUT2D eigenvalue weighted by Crippen LogP contribution is 2.21. The van der Waals surface area contributed by atoms with Gasteiger partial charge in [-0.15, -0.1) is 0 Å². The van der Waals surface area contributed by atoms with Crippen LogP contribution in [-0.2, 0) is 6.54 Å². The third-order valence-electron chi connectivity index (χ3n) is 2.19. The van der Waals surface area contributed by atoms with Gasteiger partial charge in [0.25, 0.3) is 0 Å². The highest BCUT2D eigenvalue weighted by Gasteiger charge is 2.28. The molecule has 0 radical (unpaired) electrons. The van der Waals surface area contributed by atoms with E-state index in [-0.39, 0.29) is 0 Å². The molecule has 2 aromatic rings. The van der Waals surface area contributed by atoms with Crippen molar-refractivity contribution in [2.45, 2.75) is 12.7 Å². The highest BCUT2D eigenvalue weighted by atomic mass is 19.4. The third kappa shape index (κ3) is 2.99. The van der Waals surface area contributed by atoms with Crippen molar-refractivity contribution in [3.63, 3.8) is 0 Å². The topological polar surface area (TPSA) is 43.8 Å². The number of benzene rings is 1. The first-order valence-corrected chi connectivity index (χ1v) is 4.90. The summed E-state index contributed by atoms with van der Waals surface area (Å²) < 4.78 is 37.3. The Balaban J connectivity index is 2.21. The summed E-state index contributed by atoms with van der Waals surface area (Å²) in [5, 5.41) is 3.85. The van der Waals surface area contributed by atoms with Crippen LogP contribution in [0.2, 0.25) is 0 Å². The van der Waals surface area contributed by atoms with Crippen LogP contribution in [0.15, 0.2) is 36.5 Å². The van der Waals surface area contributed by atoms with Crippen LogP contribution >= 0.6 is 0 Å². The van der Waals surface area contributed by atoms with Crippen molar-refractivity contribution in [2.24, 2.45) is 0 Å². The summed E-state index contributed by atoms with van der Waals surface area (Å²) in [4.78, 5) is 0. The van der Waals surface area contributed by atoms with Crippen LogP contribution in [0.1, 0.15) is 0 Å². The minimum Gasteiger partial charge on any atom is -0.399 e. The van der Waals surface area contributed by atoms with Gasteiger partial charge in [-0.1, -0.05) is 12.1 Å². The van der Waals surface area contributed by atoms with Crippen molar-refractivity contribution in [1.82, 2.24) is 9.78 Å². The van der Waals surface area contributed by atoms with Crippen LogP contribution in [0.4, 0.5) is 18.9 Å². The summed E-state index contributed by atoms with van der Waals surface area (Å²) in [6, 6.07) is 8.33. The molecule has 1 aromatic carbocycles. The molecule has 0 saturated heterocycles. The number of hydrogen-bond donors (Lipinski definition) is 1. The maximum atomic E-state index is 12.1. The number of nitrogens with zero attached hydrogens (tertiary/aromatic N) is 2. The number of rotatable bonds is 2. The van der Waals surface area contributed by atoms with E-state index in [0.717, 1.165) is 10.2 Å². The summed E-state index contributed by atoms with van der Waals surface area (Å²) in [7, 11) is 0. The normalized spacial score (nSPS) is 11.7. The fourth-order valence-corrected chi connectivity index (χ4v) is 1.44. The number of alkyl halides is 3. The van der Waals surface area contributed by atoms with Crippen LogP contribution in [0.3, 0.4) is 0 Å². The van der Waals surface area contributed by atoms with Gasteiger partial charge in [0.2, 0.25) is 0 Å². The second kappa shape index (κ2) is 4.12. The summed E-state index contributed by atoms with van der Waals surface area (Å²) in [6.45, 7) is -1.08. The minimum atomic E-state index is -4.26. The zero-order valence-corrected chi connectivity index (χ0v) is 8.78. The second-order valence-corrected chi connectivity index (χ2v) is 3.64. The molecular formula is C11H10F3N3. The van der Waals surface area contributed by atoms with Crippen molar-refractivity contribution >= 4 is 5.69 Å². The molecule has 6 heteroatoms. The predicted octanol–water partition coefficient (Wildman–Crippen LogP) is 2.69. The number of aromatic nitrogens is 2. The lowest BCUT2D eigenvalue weighted by Crippen LogP contribution is -2.17. The fourth-order valence-electron chi connectivity index (χ4n) is 1.44. The smallest absolute Gasteiger partial charge is 0.399 e. The van der Waals surface area contributed by atoms with Crippen molar-refractivity contribution in [3.05, 3.63) is 36.5 Å². The van der Waals surface area contributed by atoms with E-state index in [1.165, 1.54) is 12.3 Å². The molecule has 17 heavy (non-hydrogen) atoms. The zero-order chi connectivity index (χ0) is 12.5. The third-order valence-corrected chi connectivity index (χ3v) is 2.19. The molecule has 0 spiro atoms. The van der Waals surface area contributed by atoms with E-state index in [2.05, 4.69) is 5.10 Å². The molecule has 1 aromatic heterocycles. The van der Waals surface area contributed by atoms with Crippen molar-refractivity contribution in [1.29, 1.82) is 0 Å². The fraction of sp³-hybridized carbons (Fsp3) is 0.182. The molecule has 0 saturated carbocycles. The Bertz CT molecular complexity index is 499. The Morgan fingerprint density at radius 2 is 1.76 bits per heavy atom. The largest absolute Gasteiger partial charge is 0.408 e. The van der Waals surface area contributed by atoms with Crippen LogP contribution in [0.25, 0.3) is 11.3 Å². The van der Waals surface area contributed by atoms with E-state index in [4.69, 9.17) is 5.73 Å². The summed E-state index contributed by atoms with van der Waals surface area (Å²) >= 11 is 0. The Kier molecular flexibility index (Phi) is 2.79. The molecule has 0 atom stereocenters. The van der Waals surface area contributed by atoms with Crippen molar-refractivity contribution < 1.29 is 13.2 Å². The van der Waals surface area contributed by atoms with Gasteiger partial charge >= 0.3 is 6.18 Å². The van der Waals surface area contributed by atoms with Gasteiger partial charge in [0.15, 0.2) is 0 Å². The van der Waals surface area contributed by atoms with E-state index >= 15 is 0 Å². The average molecular weight is 241 g/mol. The van der Waals surface area contributed by atoms with Gasteiger partial charge in [0.05, 0.1) is 5.69 Å². The lowest BCUT2D eigenvalue weighted by molar-refractivity contribution is -0.142. The molecule has 0 aliphatic carbocycles. The maximum Gasteiger partial charge on any atom is 0.408 e. The molecule has 0 aliphatic heterocycles. The molecule has 0 bridgehead atoms. The van der Waals surface area contributed by atoms with Gasteiger partial charge in [0.1, 0.15) is 6.54 Å². The first-order valence-electron chi connectivity index (χ1n) is 4.90. The van der Waals surface area contributed by atoms with E-state index in [0.29, 0.717) is 11.4 Å². The molecule has 1 heterocycles. The lowest BCUT2D eigenvalue weighted by atomic mass is 10.1. The zero-order valence-electron chi connectivity index (χ0n) is 8.78. The Morgan fingerprint density at radius 1 is 1.12 bits per heavy atom. The number of nitrogens with two attached hydrogens (primary N) is 1. The van der Waals surface area contributed by atoms with Crippen LogP contribution in [0.5, 0.6) is 0 Å². The van der Waals surface area contributed by atoms with Gasteiger partial charge in [0, 0.05) is 17.4 Å². The number of halogens is 3. The molecule has 0 unspecified atom stereocenters. The maximum absolute atomic E-state index is 12.1. The summed E-state index contributed by atoms with van der Waals surface area (Å²) in [5.74, 6) is 0. The van der Waals surface area contributed by atoms with Gasteiger partial charge in [-0.25, -0.2) is 0 Å². The van der Waals surface area contributed by atoms with Crippen LogP contribution in [0, 0.1) is 0 Å². The molecule has 90 valence electrons. The Morgan fingerprint density at radius 3 is 2.35 bits per heavy atom. The Hall–Kier alpha value is -1.98. The standard InChI is InChI=1S/C11H10F3N3/c12-11(13,14)7-17-6-5-10(16-17)8-1-3-9(15)4-2-8/h1-6H,7,15H2. The first kappa shape index (κ1) is 11.5. The van der Waals surface area contributed by atoms with Crippen LogP contribution in [-0.4, -0.2) is 16.0 Å². The van der Waals surface area contributed by atoms with E-state index in [1.807, 2.05) is 0 Å². The van der Waals surface area contributed by atoms with Crippen molar-refractivity contribution in [2.75, 3.05) is 5.73 Å². The molecule has 2 rings (SSSR count). The van der Waals surface area contributed by atoms with Crippen molar-refractivity contribution in [3.8, 4) is 11.3 Å². The first-order chi connectivity index (χ1) is 7.94. The molecule has 0 aliphatic rings. The quantitative estimate of drug-likeness (QED) is 0.821. The van der Waals surface area contributed by atoms with E-state index in [1.54, 1.807) is 24.3 Å². The highest BCUT2D eigenvalue weighted by molar-refractivity contribution is 5.61. The Labute approximate surface area is 95.7 Å². The molecular weight excluding hydrogens is 231 g/mol. The van der Waals surface area contributed by atoms with E-state index < -0.39 is 12.7 Å². The molecule has 2 N–H and O–H groups in total. The predicted molar refractivity (Wildman–Crippen MR) is 58.1 cm³/mol. The monoisotopic (exact) mass is 241 g/mol. The number of nitrogen functional groups attached to an aromatic ring is 1. The van der Waals surface area contributed by atoms with Gasteiger partial charge in [-0.3, -0.25) is 4.68 Å². The van der Waals surface area contributed by atoms with Crippen LogP contribution < -0.4 is 5.73 Å². The molecule has 0 amide bonds. The lowest BCUT2D eigenvalue weighted by Gasteiger charge is -2.05. The van der Waals surface area contributed by atoms with E-state index in [9.17, 15) is 13.2 Å². The second-order valence-electron chi connectivity index (χ2n) is 3.64. The van der Waals surface area contributed by atoms with Gasteiger partial charge < -0.3 is 5.73 Å². The number of anilines is 1. The van der Waals surface area contributed by atoms with Gasteiger partial charge in [-0.05, 0) is 18.2 Å². The average Bonchev–Trinajstić information content (AvgIpc) is 2.64. The van der Waals surface area contributed by atoms with Gasteiger partial charge in [-0.2, -0.15) is 18.3 Å². The molecule has 0 fully saturated rings. The minimum absolute atomic E-state index is 0.495. The summed E-state index contributed by atoms with van der Waals surface area (Å²) in [5.41, 5.74) is 7.35. The number of hydrogen-bond acceptors (Lipinski definition) is 2. The SMILES string of the molecule is Nc1ccc(-c2ccn(CC(F)(F)F)n2)cc1. The summed E-state index contributed by atoms with van der Waals surface area (Å²) in [6.07, 6.45) is -2.95.